The Kier molecular flexibility index (Phi) is 5.67. The third-order valence-electron chi connectivity index (χ3n) is 3.98. The summed E-state index contributed by atoms with van der Waals surface area (Å²) in [6.45, 7) is 6.68. The molecule has 2 N–H and O–H groups in total. The summed E-state index contributed by atoms with van der Waals surface area (Å²) in [6, 6.07) is 7.78. The van der Waals surface area contributed by atoms with Crippen LogP contribution in [0, 0.1) is 0 Å². The van der Waals surface area contributed by atoms with Gasteiger partial charge in [-0.15, -0.1) is 0 Å². The number of para-hydroxylation sites is 1. The van der Waals surface area contributed by atoms with Gasteiger partial charge in [-0.2, -0.15) is 0 Å². The maximum atomic E-state index is 9.82. The first-order valence-corrected chi connectivity index (χ1v) is 7.51. The van der Waals surface area contributed by atoms with E-state index in [1.165, 1.54) is 38.8 Å². The average Bonchev–Trinajstić information content (AvgIpc) is 2.68. The van der Waals surface area contributed by atoms with Crippen molar-refractivity contribution in [2.45, 2.75) is 38.6 Å². The lowest BCUT2D eigenvalue weighted by molar-refractivity contribution is 0.280. The maximum Gasteiger partial charge on any atom is 0.120 e. The third-order valence-corrected chi connectivity index (χ3v) is 3.98. The molecule has 0 saturated carbocycles. The largest absolute Gasteiger partial charge is 0.508 e. The zero-order chi connectivity index (χ0) is 13.5. The third kappa shape index (κ3) is 4.51. The molecule has 1 aliphatic heterocycles. The summed E-state index contributed by atoms with van der Waals surface area (Å²) in [7, 11) is 0. The first kappa shape index (κ1) is 14.4. The summed E-state index contributed by atoms with van der Waals surface area (Å²) in [4.78, 5) is 2.55. The molecule has 0 bridgehead atoms. The van der Waals surface area contributed by atoms with Gasteiger partial charge in [0.05, 0.1) is 0 Å². The van der Waals surface area contributed by atoms with E-state index in [9.17, 15) is 5.11 Å². The van der Waals surface area contributed by atoms with Crippen LogP contribution in [0.2, 0.25) is 0 Å². The highest BCUT2D eigenvalue weighted by atomic mass is 16.3. The van der Waals surface area contributed by atoms with Gasteiger partial charge in [0.2, 0.25) is 0 Å². The lowest BCUT2D eigenvalue weighted by Crippen LogP contribution is -2.33. The number of phenols is 1. The van der Waals surface area contributed by atoms with Crippen LogP contribution < -0.4 is 5.32 Å². The van der Waals surface area contributed by atoms with Crippen LogP contribution in [-0.2, 0) is 0 Å². The van der Waals surface area contributed by atoms with Crippen LogP contribution in [0.1, 0.15) is 44.2 Å². The van der Waals surface area contributed by atoms with E-state index in [0.29, 0.717) is 5.75 Å². The van der Waals surface area contributed by atoms with Gasteiger partial charge in [-0.05, 0) is 38.9 Å². The molecule has 1 heterocycles. The molecule has 1 atom stereocenters. The smallest absolute Gasteiger partial charge is 0.120 e. The van der Waals surface area contributed by atoms with Crippen LogP contribution in [0.5, 0.6) is 5.75 Å². The zero-order valence-corrected chi connectivity index (χ0v) is 11.9. The minimum Gasteiger partial charge on any atom is -0.508 e. The molecular formula is C16H26N2O. The van der Waals surface area contributed by atoms with Crippen LogP contribution in [0.4, 0.5) is 0 Å². The molecule has 2 rings (SSSR count). The van der Waals surface area contributed by atoms with Crippen molar-refractivity contribution in [2.24, 2.45) is 0 Å². The van der Waals surface area contributed by atoms with Crippen molar-refractivity contribution >= 4 is 0 Å². The Labute approximate surface area is 116 Å². The first-order chi connectivity index (χ1) is 9.27. The predicted octanol–water partition coefficient (Wildman–Crippen LogP) is 2.92. The van der Waals surface area contributed by atoms with Gasteiger partial charge in [0.25, 0.3) is 0 Å². The number of hydrogen-bond donors (Lipinski definition) is 2. The monoisotopic (exact) mass is 262 g/mol. The number of nitrogens with zero attached hydrogens (tertiary/aromatic N) is 1. The molecule has 0 radical (unpaired) electrons. The van der Waals surface area contributed by atoms with Crippen LogP contribution in [0.3, 0.4) is 0 Å². The van der Waals surface area contributed by atoms with Gasteiger partial charge >= 0.3 is 0 Å². The normalized spacial score (nSPS) is 19.0. The Balaban J connectivity index is 1.74. The molecule has 0 spiro atoms. The van der Waals surface area contributed by atoms with E-state index >= 15 is 0 Å². The first-order valence-electron chi connectivity index (χ1n) is 7.51. The Morgan fingerprint density at radius 3 is 2.53 bits per heavy atom. The highest BCUT2D eigenvalue weighted by Crippen LogP contribution is 2.22. The van der Waals surface area contributed by atoms with Gasteiger partial charge < -0.3 is 15.3 Å². The second-order valence-corrected chi connectivity index (χ2v) is 5.49. The fourth-order valence-corrected chi connectivity index (χ4v) is 2.76. The quantitative estimate of drug-likeness (QED) is 0.856. The molecule has 106 valence electrons. The lowest BCUT2D eigenvalue weighted by atomic mass is 10.1. The molecule has 1 saturated heterocycles. The molecule has 1 aliphatic rings. The van der Waals surface area contributed by atoms with E-state index < -0.39 is 0 Å². The zero-order valence-electron chi connectivity index (χ0n) is 11.9. The van der Waals surface area contributed by atoms with E-state index in [0.717, 1.165) is 18.7 Å². The van der Waals surface area contributed by atoms with E-state index in [1.54, 1.807) is 6.07 Å². The summed E-state index contributed by atoms with van der Waals surface area (Å²) in [5.41, 5.74) is 0.985. The Morgan fingerprint density at radius 2 is 1.84 bits per heavy atom. The fraction of sp³-hybridized carbons (Fsp3) is 0.625. The van der Waals surface area contributed by atoms with Crippen molar-refractivity contribution < 1.29 is 5.11 Å². The van der Waals surface area contributed by atoms with Gasteiger partial charge in [0.1, 0.15) is 5.75 Å². The summed E-state index contributed by atoms with van der Waals surface area (Å²) in [5.74, 6) is 0.386. The SMILES string of the molecule is CC(NCCN1CCCCCC1)c1ccccc1O. The fourth-order valence-electron chi connectivity index (χ4n) is 2.76. The molecule has 3 heteroatoms. The molecule has 1 unspecified atom stereocenters. The molecule has 1 aromatic carbocycles. The topological polar surface area (TPSA) is 35.5 Å². The van der Waals surface area contributed by atoms with Crippen molar-refractivity contribution in [2.75, 3.05) is 26.2 Å². The number of phenolic OH excluding ortho intramolecular Hbond substituents is 1. The van der Waals surface area contributed by atoms with E-state index in [2.05, 4.69) is 17.1 Å². The Hall–Kier alpha value is -1.06. The van der Waals surface area contributed by atoms with Crippen molar-refractivity contribution in [1.29, 1.82) is 0 Å². The molecule has 0 aliphatic carbocycles. The van der Waals surface area contributed by atoms with Gasteiger partial charge in [0.15, 0.2) is 0 Å². The van der Waals surface area contributed by atoms with Crippen LogP contribution in [0.25, 0.3) is 0 Å². The number of rotatable bonds is 5. The Bertz CT molecular complexity index is 373. The van der Waals surface area contributed by atoms with Crippen molar-refractivity contribution in [3.05, 3.63) is 29.8 Å². The molecular weight excluding hydrogens is 236 g/mol. The second kappa shape index (κ2) is 7.51. The highest BCUT2D eigenvalue weighted by Gasteiger charge is 2.11. The van der Waals surface area contributed by atoms with E-state index in [4.69, 9.17) is 0 Å². The van der Waals surface area contributed by atoms with Crippen LogP contribution in [0.15, 0.2) is 24.3 Å². The number of benzene rings is 1. The van der Waals surface area contributed by atoms with E-state index in [-0.39, 0.29) is 6.04 Å². The lowest BCUT2D eigenvalue weighted by Gasteiger charge is -2.22. The van der Waals surface area contributed by atoms with E-state index in [1.807, 2.05) is 18.2 Å². The summed E-state index contributed by atoms with van der Waals surface area (Å²) in [5, 5.41) is 13.3. The van der Waals surface area contributed by atoms with Crippen molar-refractivity contribution in [1.82, 2.24) is 10.2 Å². The minimum absolute atomic E-state index is 0.202. The highest BCUT2D eigenvalue weighted by molar-refractivity contribution is 5.34. The standard InChI is InChI=1S/C16H26N2O/c1-14(15-8-4-5-9-16(15)19)17-10-13-18-11-6-2-3-7-12-18/h4-5,8-9,14,17,19H,2-3,6-7,10-13H2,1H3. The molecule has 1 aromatic rings. The Morgan fingerprint density at radius 1 is 1.16 bits per heavy atom. The minimum atomic E-state index is 0.202. The summed E-state index contributed by atoms with van der Waals surface area (Å²) < 4.78 is 0. The van der Waals surface area contributed by atoms with Crippen molar-refractivity contribution in [3.63, 3.8) is 0 Å². The number of likely N-dealkylation sites (tertiary alicyclic amines) is 1. The average molecular weight is 262 g/mol. The van der Waals surface area contributed by atoms with Crippen molar-refractivity contribution in [3.8, 4) is 5.75 Å². The van der Waals surface area contributed by atoms with Gasteiger partial charge in [-0.3, -0.25) is 0 Å². The molecule has 1 fully saturated rings. The number of nitrogens with one attached hydrogen (secondary N) is 1. The molecule has 0 amide bonds. The van der Waals surface area contributed by atoms with Crippen LogP contribution >= 0.6 is 0 Å². The van der Waals surface area contributed by atoms with Crippen LogP contribution in [-0.4, -0.2) is 36.2 Å². The molecule has 3 nitrogen and oxygen atoms in total. The molecule has 0 aromatic heterocycles. The van der Waals surface area contributed by atoms with Gasteiger partial charge in [-0.25, -0.2) is 0 Å². The van der Waals surface area contributed by atoms with Gasteiger partial charge in [0, 0.05) is 24.7 Å². The number of aromatic hydroxyl groups is 1. The molecule has 19 heavy (non-hydrogen) atoms. The summed E-state index contributed by atoms with van der Waals surface area (Å²) >= 11 is 0. The maximum absolute atomic E-state index is 9.82. The summed E-state index contributed by atoms with van der Waals surface area (Å²) in [6.07, 6.45) is 5.46. The second-order valence-electron chi connectivity index (χ2n) is 5.49. The van der Waals surface area contributed by atoms with Gasteiger partial charge in [-0.1, -0.05) is 31.0 Å². The predicted molar refractivity (Wildman–Crippen MR) is 79.4 cm³/mol. The number of hydrogen-bond acceptors (Lipinski definition) is 3.